The van der Waals surface area contributed by atoms with Gasteiger partial charge in [0.15, 0.2) is 23.3 Å². The molecule has 0 N–H and O–H groups in total. The summed E-state index contributed by atoms with van der Waals surface area (Å²) in [6.45, 7) is 2.34. The van der Waals surface area contributed by atoms with Crippen LogP contribution in [0.15, 0.2) is 6.07 Å². The summed E-state index contributed by atoms with van der Waals surface area (Å²) in [6, 6.07) is 0.437. The van der Waals surface area contributed by atoms with Gasteiger partial charge in [-0.25, -0.2) is 17.6 Å². The van der Waals surface area contributed by atoms with Crippen molar-refractivity contribution < 1.29 is 34.8 Å². The Morgan fingerprint density at radius 2 is 1.44 bits per heavy atom. The predicted octanol–water partition coefficient (Wildman–Crippen LogP) is -2.36. The van der Waals surface area contributed by atoms with Gasteiger partial charge in [0.1, 0.15) is 0 Å². The van der Waals surface area contributed by atoms with E-state index < -0.39 is 36.8 Å². The zero-order valence-corrected chi connectivity index (χ0v) is 11.8. The molecule has 0 aliphatic heterocycles. The first-order valence-electron chi connectivity index (χ1n) is 3.79. The minimum absolute atomic E-state index is 0. The topological polar surface area (TPSA) is 23.1 Å². The number of halogens is 5. The van der Waals surface area contributed by atoms with Gasteiger partial charge in [0, 0.05) is 0 Å². The summed E-state index contributed by atoms with van der Waals surface area (Å²) in [6.07, 6.45) is 0. The van der Waals surface area contributed by atoms with E-state index in [9.17, 15) is 22.4 Å². The fourth-order valence-corrected chi connectivity index (χ4v) is 2.12. The predicted molar refractivity (Wildman–Crippen MR) is 49.1 cm³/mol. The summed E-state index contributed by atoms with van der Waals surface area (Å²) in [5.74, 6) is -6.91. The molecule has 1 aromatic carbocycles. The van der Waals surface area contributed by atoms with Crippen LogP contribution in [0, 0.1) is 23.3 Å². The smallest absolute Gasteiger partial charge is 1.00 e. The molecule has 0 aliphatic rings. The molecule has 1 rings (SSSR count). The third-order valence-electron chi connectivity index (χ3n) is 1.75. The number of hydrogen-bond acceptors (Lipinski definition) is 1. The van der Waals surface area contributed by atoms with Crippen LogP contribution in [-0.2, 0) is 0 Å². The molecule has 0 amide bonds. The Balaban J connectivity index is 0. The van der Waals surface area contributed by atoms with Crippen LogP contribution in [0.3, 0.4) is 0 Å². The van der Waals surface area contributed by atoms with Crippen molar-refractivity contribution in [3.63, 3.8) is 0 Å². The molecule has 0 heterocycles. The summed E-state index contributed by atoms with van der Waals surface area (Å²) in [5.41, 5.74) is 0. The molecule has 1 aromatic rings. The fourth-order valence-electron chi connectivity index (χ4n) is 1.01. The minimum atomic E-state index is -3.44. The number of rotatable bonds is 1. The van der Waals surface area contributed by atoms with Gasteiger partial charge in [0.05, 0.1) is 0 Å². The molecule has 0 spiro atoms. The van der Waals surface area contributed by atoms with Gasteiger partial charge in [0.2, 0.25) is 0 Å². The standard InChI is InChI=1S/C8H7F4OSi.ClH.Mg/c1-14(2,13)5-3-4(9)6(10)8(12)7(5)11;;/h3H,1-2H3;1H;/q-1;;+2/p-1. The van der Waals surface area contributed by atoms with Crippen molar-refractivity contribution in [2.24, 2.45) is 0 Å². The van der Waals surface area contributed by atoms with Crippen molar-refractivity contribution in [3.8, 4) is 0 Å². The van der Waals surface area contributed by atoms with E-state index in [-0.39, 0.29) is 35.5 Å². The van der Waals surface area contributed by atoms with E-state index in [0.717, 1.165) is 0 Å². The van der Waals surface area contributed by atoms with Crippen LogP contribution < -0.4 is 22.4 Å². The van der Waals surface area contributed by atoms with Gasteiger partial charge in [-0.05, 0) is 19.6 Å². The molecule has 0 bridgehead atoms. The molecule has 0 aromatic heterocycles. The molecule has 0 unspecified atom stereocenters. The monoisotopic (exact) mass is 282 g/mol. The van der Waals surface area contributed by atoms with E-state index in [0.29, 0.717) is 6.07 Å². The Morgan fingerprint density at radius 1 is 1.00 bits per heavy atom. The van der Waals surface area contributed by atoms with Crippen LogP contribution in [0.25, 0.3) is 0 Å². The SMILES string of the molecule is C[Si](C)([O-])c1cc(F)c(F)c(F)c1F.[Cl-].[Mg+2]. The van der Waals surface area contributed by atoms with Crippen LogP contribution in [0.5, 0.6) is 0 Å². The van der Waals surface area contributed by atoms with Gasteiger partial charge >= 0.3 is 23.1 Å². The van der Waals surface area contributed by atoms with Crippen molar-refractivity contribution >= 4 is 36.6 Å². The van der Waals surface area contributed by atoms with E-state index >= 15 is 0 Å². The van der Waals surface area contributed by atoms with Gasteiger partial charge in [-0.2, -0.15) is 0 Å². The summed E-state index contributed by atoms with van der Waals surface area (Å²) >= 11 is 0. The van der Waals surface area contributed by atoms with Gasteiger partial charge in [-0.15, -0.1) is 0 Å². The second-order valence-electron chi connectivity index (χ2n) is 3.36. The second kappa shape index (κ2) is 6.20. The number of hydrogen-bond donors (Lipinski definition) is 0. The maximum atomic E-state index is 13.0. The molecule has 86 valence electrons. The van der Waals surface area contributed by atoms with Crippen molar-refractivity contribution in [1.29, 1.82) is 0 Å². The summed E-state index contributed by atoms with van der Waals surface area (Å²) in [4.78, 5) is 11.4. The molecule has 0 radical (unpaired) electrons. The van der Waals surface area contributed by atoms with Crippen LogP contribution >= 0.6 is 0 Å². The van der Waals surface area contributed by atoms with Gasteiger partial charge in [-0.1, -0.05) is 13.1 Å². The van der Waals surface area contributed by atoms with E-state index in [1.54, 1.807) is 0 Å². The molecule has 0 saturated carbocycles. The molecule has 1 nitrogen and oxygen atoms in total. The molecule has 0 saturated heterocycles. The Morgan fingerprint density at radius 3 is 1.81 bits per heavy atom. The average molecular weight is 283 g/mol. The molecular formula is C8H7ClF4MgOSi. The van der Waals surface area contributed by atoms with Crippen molar-refractivity contribution in [2.75, 3.05) is 0 Å². The van der Waals surface area contributed by atoms with Gasteiger partial charge in [-0.3, -0.25) is 0 Å². The molecule has 0 fully saturated rings. The van der Waals surface area contributed by atoms with Crippen molar-refractivity contribution in [1.82, 2.24) is 0 Å². The zero-order chi connectivity index (χ0) is 11.1. The molecule has 0 aliphatic carbocycles. The van der Waals surface area contributed by atoms with E-state index in [1.165, 1.54) is 13.1 Å². The third kappa shape index (κ3) is 3.59. The number of benzene rings is 1. The zero-order valence-electron chi connectivity index (χ0n) is 8.58. The molecule has 16 heavy (non-hydrogen) atoms. The van der Waals surface area contributed by atoms with Gasteiger partial charge in [0.25, 0.3) is 0 Å². The normalized spacial score (nSPS) is 10.4. The Bertz CT molecular complexity index is 383. The maximum Gasteiger partial charge on any atom is 2.00 e. The summed E-state index contributed by atoms with van der Waals surface area (Å²) in [5, 5.41) is -0.589. The largest absolute Gasteiger partial charge is 2.00 e. The Labute approximate surface area is 114 Å². The molecular weight excluding hydrogens is 276 g/mol. The molecule has 8 heteroatoms. The fraction of sp³-hybridized carbons (Fsp3) is 0.250. The summed E-state index contributed by atoms with van der Waals surface area (Å²) in [7, 11) is -3.44. The molecule has 0 atom stereocenters. The maximum absolute atomic E-state index is 13.0. The third-order valence-corrected chi connectivity index (χ3v) is 3.41. The van der Waals surface area contributed by atoms with Gasteiger partial charge < -0.3 is 17.2 Å². The van der Waals surface area contributed by atoms with Crippen LogP contribution in [0.4, 0.5) is 17.6 Å². The van der Waals surface area contributed by atoms with E-state index in [4.69, 9.17) is 0 Å². The Hall–Kier alpha value is 0.173. The first-order valence-corrected chi connectivity index (χ1v) is 6.70. The first-order chi connectivity index (χ1) is 6.25. The van der Waals surface area contributed by atoms with Crippen LogP contribution in [0.1, 0.15) is 0 Å². The quantitative estimate of drug-likeness (QED) is 0.245. The van der Waals surface area contributed by atoms with E-state index in [1.807, 2.05) is 0 Å². The Kier molecular flexibility index (Phi) is 7.18. The average Bonchev–Trinajstić information content (AvgIpc) is 2.06. The first kappa shape index (κ1) is 18.5. The van der Waals surface area contributed by atoms with E-state index in [2.05, 4.69) is 0 Å². The minimum Gasteiger partial charge on any atom is -1.00 e. The second-order valence-corrected chi connectivity index (χ2v) is 6.92. The van der Waals surface area contributed by atoms with Crippen LogP contribution in [-0.4, -0.2) is 31.4 Å². The summed E-state index contributed by atoms with van der Waals surface area (Å²) < 4.78 is 50.8. The van der Waals surface area contributed by atoms with Crippen molar-refractivity contribution in [2.45, 2.75) is 13.1 Å². The van der Waals surface area contributed by atoms with Crippen molar-refractivity contribution in [3.05, 3.63) is 29.3 Å². The van der Waals surface area contributed by atoms with Crippen LogP contribution in [0.2, 0.25) is 13.1 Å².